The number of benzene rings is 1. The van der Waals surface area contributed by atoms with Gasteiger partial charge in [-0.05, 0) is 36.5 Å². The van der Waals surface area contributed by atoms with Crippen molar-refractivity contribution in [1.29, 1.82) is 0 Å². The van der Waals surface area contributed by atoms with E-state index in [2.05, 4.69) is 22.4 Å². The van der Waals surface area contributed by atoms with Crippen molar-refractivity contribution in [3.05, 3.63) is 64.4 Å². The summed E-state index contributed by atoms with van der Waals surface area (Å²) in [4.78, 5) is 14.2. The normalized spacial score (nSPS) is 21.2. The maximum Gasteiger partial charge on any atom is 0.343 e. The molecule has 0 bridgehead atoms. The number of isothiocyanates is 1. The summed E-state index contributed by atoms with van der Waals surface area (Å²) in [5.74, 6) is 1.22. The Bertz CT molecular complexity index is 587. The van der Waals surface area contributed by atoms with Gasteiger partial charge in [0.05, 0.1) is 16.5 Å². The fourth-order valence-electron chi connectivity index (χ4n) is 1.64. The van der Waals surface area contributed by atoms with Gasteiger partial charge < -0.3 is 4.74 Å². The molecule has 0 heterocycles. The second kappa shape index (κ2) is 5.56. The van der Waals surface area contributed by atoms with E-state index in [4.69, 9.17) is 4.74 Å². The molecular weight excluding hydrogens is 264 g/mol. The molecule has 5 nitrogen and oxygen atoms in total. The molecule has 0 saturated heterocycles. The van der Waals surface area contributed by atoms with Gasteiger partial charge in [-0.1, -0.05) is 18.2 Å². The molecule has 6 heteroatoms. The molecule has 1 atom stereocenters. The van der Waals surface area contributed by atoms with E-state index >= 15 is 0 Å². The van der Waals surface area contributed by atoms with Gasteiger partial charge in [0.2, 0.25) is 0 Å². The Morgan fingerprint density at radius 3 is 2.68 bits per heavy atom. The number of aliphatic imine (C=N–C) groups is 1. The van der Waals surface area contributed by atoms with Crippen LogP contribution in [-0.2, 0) is 0 Å². The summed E-state index contributed by atoms with van der Waals surface area (Å²) in [7, 11) is 0. The van der Waals surface area contributed by atoms with Gasteiger partial charge >= 0.3 is 5.66 Å². The van der Waals surface area contributed by atoms with E-state index in [1.807, 2.05) is 18.2 Å². The lowest BCUT2D eigenvalue weighted by Gasteiger charge is -2.18. The van der Waals surface area contributed by atoms with Crippen LogP contribution in [-0.4, -0.2) is 15.7 Å². The second-order valence-corrected chi connectivity index (χ2v) is 4.08. The Kier molecular flexibility index (Phi) is 3.85. The molecule has 0 spiro atoms. The Balaban J connectivity index is 2.15. The first kappa shape index (κ1) is 13.1. The summed E-state index contributed by atoms with van der Waals surface area (Å²) in [6.07, 6.45) is 4.59. The molecule has 1 aromatic carbocycles. The summed E-state index contributed by atoms with van der Waals surface area (Å²) in [5, 5.41) is 13.1. The number of hydrogen-bond donors (Lipinski definition) is 0. The third-order valence-electron chi connectivity index (χ3n) is 2.65. The lowest BCUT2D eigenvalue weighted by molar-refractivity contribution is -0.552. The summed E-state index contributed by atoms with van der Waals surface area (Å²) < 4.78 is 5.57. The van der Waals surface area contributed by atoms with Gasteiger partial charge in [-0.2, -0.15) is 0 Å². The topological polar surface area (TPSA) is 64.7 Å². The Labute approximate surface area is 115 Å². The van der Waals surface area contributed by atoms with E-state index in [9.17, 15) is 10.1 Å². The van der Waals surface area contributed by atoms with Crippen LogP contribution in [0.15, 0.2) is 59.3 Å². The van der Waals surface area contributed by atoms with E-state index < -0.39 is 10.6 Å². The van der Waals surface area contributed by atoms with Crippen LogP contribution in [0.25, 0.3) is 0 Å². The molecule has 1 aliphatic carbocycles. The molecular formula is C13H10N2O3S. The molecule has 0 aliphatic heterocycles. The zero-order chi connectivity index (χ0) is 13.7. The highest BCUT2D eigenvalue weighted by atomic mass is 32.1. The Hall–Kier alpha value is -2.30. The number of allylic oxidation sites excluding steroid dienone is 1. The van der Waals surface area contributed by atoms with Crippen molar-refractivity contribution in [2.24, 2.45) is 4.99 Å². The van der Waals surface area contributed by atoms with E-state index in [-0.39, 0.29) is 6.42 Å². The van der Waals surface area contributed by atoms with Gasteiger partial charge in [0, 0.05) is 6.08 Å². The maximum absolute atomic E-state index is 11.0. The largest absolute Gasteiger partial charge is 0.458 e. The Morgan fingerprint density at radius 1 is 1.42 bits per heavy atom. The van der Waals surface area contributed by atoms with Crippen LogP contribution in [0.2, 0.25) is 0 Å². The molecule has 0 fully saturated rings. The summed E-state index contributed by atoms with van der Waals surface area (Å²) >= 11 is 4.45. The molecule has 2 rings (SSSR count). The first-order valence-electron chi connectivity index (χ1n) is 5.52. The van der Waals surface area contributed by atoms with Gasteiger partial charge in [0.25, 0.3) is 0 Å². The predicted octanol–water partition coefficient (Wildman–Crippen LogP) is 2.99. The quantitative estimate of drug-likeness (QED) is 0.366. The van der Waals surface area contributed by atoms with Crippen molar-refractivity contribution in [2.45, 2.75) is 12.1 Å². The molecule has 1 aromatic rings. The van der Waals surface area contributed by atoms with E-state index in [0.29, 0.717) is 11.5 Å². The lowest BCUT2D eigenvalue weighted by atomic mass is 10.0. The monoisotopic (exact) mass is 274 g/mol. The third kappa shape index (κ3) is 2.93. The zero-order valence-corrected chi connectivity index (χ0v) is 10.7. The van der Waals surface area contributed by atoms with Crippen molar-refractivity contribution in [2.75, 3.05) is 0 Å². The number of nitro groups is 1. The molecule has 0 saturated carbocycles. The van der Waals surface area contributed by atoms with Crippen LogP contribution in [0, 0.1) is 10.1 Å². The van der Waals surface area contributed by atoms with Gasteiger partial charge in [0.1, 0.15) is 11.5 Å². The van der Waals surface area contributed by atoms with Crippen LogP contribution in [0.5, 0.6) is 5.75 Å². The van der Waals surface area contributed by atoms with Crippen LogP contribution >= 0.6 is 12.2 Å². The molecule has 96 valence electrons. The minimum absolute atomic E-state index is 0.0856. The first-order valence-corrected chi connectivity index (χ1v) is 5.93. The van der Waals surface area contributed by atoms with Crippen LogP contribution in [0.3, 0.4) is 0 Å². The first-order chi connectivity index (χ1) is 9.16. The fourth-order valence-corrected chi connectivity index (χ4v) is 1.80. The standard InChI is InChI=1S/C13H10N2O3S/c16-15(17)13(14-10-19)8-6-12(7-9-13)18-11-4-2-1-3-5-11/h1-8H,9H2/t13-/m0/s1. The van der Waals surface area contributed by atoms with Gasteiger partial charge in [0.15, 0.2) is 0 Å². The van der Waals surface area contributed by atoms with E-state index in [1.165, 1.54) is 12.2 Å². The zero-order valence-electron chi connectivity index (χ0n) is 9.85. The van der Waals surface area contributed by atoms with Gasteiger partial charge in [-0.3, -0.25) is 10.1 Å². The van der Waals surface area contributed by atoms with Crippen molar-refractivity contribution >= 4 is 17.4 Å². The molecule has 0 N–H and O–H groups in total. The summed E-state index contributed by atoms with van der Waals surface area (Å²) in [6.45, 7) is 0. The third-order valence-corrected chi connectivity index (χ3v) is 2.74. The van der Waals surface area contributed by atoms with E-state index in [0.717, 1.165) is 0 Å². The van der Waals surface area contributed by atoms with Crippen LogP contribution in [0.1, 0.15) is 6.42 Å². The van der Waals surface area contributed by atoms with Crippen LogP contribution in [0.4, 0.5) is 0 Å². The lowest BCUT2D eigenvalue weighted by Crippen LogP contribution is -2.34. The number of para-hydroxylation sites is 1. The molecule has 0 unspecified atom stereocenters. The Morgan fingerprint density at radius 2 is 2.16 bits per heavy atom. The number of hydrogen-bond acceptors (Lipinski definition) is 5. The SMILES string of the molecule is O=[N+]([O-])[C@@]1(N=C=S)C=CC(Oc2ccccc2)=CC1. The molecule has 19 heavy (non-hydrogen) atoms. The number of nitrogens with zero attached hydrogens (tertiary/aromatic N) is 2. The highest BCUT2D eigenvalue weighted by Crippen LogP contribution is 2.26. The molecule has 1 aliphatic rings. The smallest absolute Gasteiger partial charge is 0.343 e. The number of rotatable bonds is 4. The maximum atomic E-state index is 11.0. The van der Waals surface area contributed by atoms with Crippen molar-refractivity contribution in [1.82, 2.24) is 0 Å². The second-order valence-electron chi connectivity index (χ2n) is 3.90. The molecule has 0 amide bonds. The molecule has 0 radical (unpaired) electrons. The van der Waals surface area contributed by atoms with Crippen molar-refractivity contribution < 1.29 is 9.66 Å². The van der Waals surface area contributed by atoms with Crippen molar-refractivity contribution in [3.8, 4) is 5.75 Å². The van der Waals surface area contributed by atoms with Crippen LogP contribution < -0.4 is 4.74 Å². The molecule has 0 aromatic heterocycles. The highest BCUT2D eigenvalue weighted by molar-refractivity contribution is 7.78. The minimum atomic E-state index is -1.55. The summed E-state index contributed by atoms with van der Waals surface area (Å²) in [6, 6.07) is 9.18. The fraction of sp³-hybridized carbons (Fsp3) is 0.154. The average molecular weight is 274 g/mol. The van der Waals surface area contributed by atoms with Crippen molar-refractivity contribution in [3.63, 3.8) is 0 Å². The van der Waals surface area contributed by atoms with Gasteiger partial charge in [-0.15, -0.1) is 4.99 Å². The number of ether oxygens (including phenoxy) is 1. The summed E-state index contributed by atoms with van der Waals surface area (Å²) in [5.41, 5.74) is -1.55. The highest BCUT2D eigenvalue weighted by Gasteiger charge is 2.40. The van der Waals surface area contributed by atoms with Gasteiger partial charge in [-0.25, -0.2) is 0 Å². The number of thiocarbonyl (C=S) groups is 1. The average Bonchev–Trinajstić information content (AvgIpc) is 2.42. The van der Waals surface area contributed by atoms with E-state index in [1.54, 1.807) is 18.2 Å². The minimum Gasteiger partial charge on any atom is -0.458 e. The predicted molar refractivity (Wildman–Crippen MR) is 73.7 cm³/mol.